The molecule has 0 aromatic carbocycles. The van der Waals surface area contributed by atoms with Gasteiger partial charge in [0.2, 0.25) is 0 Å². The van der Waals surface area contributed by atoms with Crippen LogP contribution in [0.5, 0.6) is 0 Å². The lowest BCUT2D eigenvalue weighted by molar-refractivity contribution is 0.334. The molecule has 2 unspecified atom stereocenters. The number of aromatic nitrogens is 3. The second-order valence-corrected chi connectivity index (χ2v) is 5.07. The minimum Gasteiger partial charge on any atom is -0.306 e. The van der Waals surface area contributed by atoms with E-state index in [0.717, 1.165) is 12.1 Å². The van der Waals surface area contributed by atoms with E-state index in [0.29, 0.717) is 11.7 Å². The fourth-order valence-corrected chi connectivity index (χ4v) is 2.70. The van der Waals surface area contributed by atoms with E-state index in [1.54, 1.807) is 18.6 Å². The summed E-state index contributed by atoms with van der Waals surface area (Å²) in [6, 6.07) is 2.40. The molecule has 2 atom stereocenters. The van der Waals surface area contributed by atoms with Crippen molar-refractivity contribution in [2.45, 2.75) is 38.3 Å². The molecule has 2 aromatic rings. The van der Waals surface area contributed by atoms with Crippen molar-refractivity contribution in [3.8, 4) is 5.69 Å². The van der Waals surface area contributed by atoms with Gasteiger partial charge in [0.25, 0.3) is 0 Å². The minimum absolute atomic E-state index is 0.235. The number of piperidine rings is 1. The first-order valence-electron chi connectivity index (χ1n) is 6.64. The summed E-state index contributed by atoms with van der Waals surface area (Å²) in [7, 11) is 0. The average molecular weight is 260 g/mol. The Morgan fingerprint density at radius 2 is 2.21 bits per heavy atom. The zero-order valence-corrected chi connectivity index (χ0v) is 10.9. The monoisotopic (exact) mass is 260 g/mol. The van der Waals surface area contributed by atoms with Gasteiger partial charge in [-0.05, 0) is 32.3 Å². The van der Waals surface area contributed by atoms with Crippen molar-refractivity contribution < 1.29 is 4.39 Å². The van der Waals surface area contributed by atoms with E-state index in [9.17, 15) is 4.39 Å². The Morgan fingerprint density at radius 1 is 1.32 bits per heavy atom. The van der Waals surface area contributed by atoms with Gasteiger partial charge in [0.05, 0.1) is 30.1 Å². The standard InChI is InChI=1S/C14H17FN4/c1-10-3-2-4-12(18-10)14-8-17-9-19(14)13-5-6-16-7-11(13)15/h5-10,12,18H,2-4H2,1H3. The third kappa shape index (κ3) is 2.38. The highest BCUT2D eigenvalue weighted by molar-refractivity contribution is 5.34. The Bertz CT molecular complexity index is 566. The van der Waals surface area contributed by atoms with Crippen LogP contribution in [0.25, 0.3) is 5.69 Å². The Labute approximate surface area is 111 Å². The highest BCUT2D eigenvalue weighted by Crippen LogP contribution is 2.27. The van der Waals surface area contributed by atoms with Gasteiger partial charge in [0.15, 0.2) is 5.82 Å². The lowest BCUT2D eigenvalue weighted by Crippen LogP contribution is -2.35. The summed E-state index contributed by atoms with van der Waals surface area (Å²) in [5.74, 6) is -0.328. The molecule has 2 aromatic heterocycles. The smallest absolute Gasteiger partial charge is 0.165 e. The minimum atomic E-state index is -0.328. The summed E-state index contributed by atoms with van der Waals surface area (Å²) in [6.45, 7) is 2.18. The quantitative estimate of drug-likeness (QED) is 0.902. The molecule has 0 spiro atoms. The van der Waals surface area contributed by atoms with Crippen molar-refractivity contribution in [1.82, 2.24) is 19.9 Å². The van der Waals surface area contributed by atoms with Crippen LogP contribution >= 0.6 is 0 Å². The van der Waals surface area contributed by atoms with Gasteiger partial charge in [-0.25, -0.2) is 9.37 Å². The molecule has 0 bridgehead atoms. The van der Waals surface area contributed by atoms with E-state index in [-0.39, 0.29) is 11.9 Å². The topological polar surface area (TPSA) is 42.7 Å². The summed E-state index contributed by atoms with van der Waals surface area (Å²) in [5, 5.41) is 3.55. The van der Waals surface area contributed by atoms with Gasteiger partial charge in [-0.2, -0.15) is 0 Å². The lowest BCUT2D eigenvalue weighted by atomic mass is 9.97. The van der Waals surface area contributed by atoms with Crippen LogP contribution in [0.4, 0.5) is 4.39 Å². The molecule has 3 heterocycles. The number of rotatable bonds is 2. The lowest BCUT2D eigenvalue weighted by Gasteiger charge is -2.29. The van der Waals surface area contributed by atoms with E-state index in [1.165, 1.54) is 19.0 Å². The van der Waals surface area contributed by atoms with E-state index in [2.05, 4.69) is 22.2 Å². The van der Waals surface area contributed by atoms with E-state index < -0.39 is 0 Å². The fourth-order valence-electron chi connectivity index (χ4n) is 2.70. The predicted octanol–water partition coefficient (Wildman–Crippen LogP) is 2.61. The summed E-state index contributed by atoms with van der Waals surface area (Å²) in [6.07, 6.45) is 9.74. The van der Waals surface area contributed by atoms with Crippen molar-refractivity contribution in [2.75, 3.05) is 0 Å². The number of hydrogen-bond donors (Lipinski definition) is 1. The van der Waals surface area contributed by atoms with Crippen LogP contribution in [0.2, 0.25) is 0 Å². The molecule has 0 amide bonds. The molecule has 100 valence electrons. The van der Waals surface area contributed by atoms with Gasteiger partial charge in [0, 0.05) is 18.3 Å². The highest BCUT2D eigenvalue weighted by Gasteiger charge is 2.23. The molecule has 1 saturated heterocycles. The van der Waals surface area contributed by atoms with Crippen LogP contribution in [0, 0.1) is 5.82 Å². The second-order valence-electron chi connectivity index (χ2n) is 5.07. The van der Waals surface area contributed by atoms with Crippen molar-refractivity contribution in [1.29, 1.82) is 0 Å². The van der Waals surface area contributed by atoms with Gasteiger partial charge in [-0.15, -0.1) is 0 Å². The van der Waals surface area contributed by atoms with Crippen LogP contribution in [0.3, 0.4) is 0 Å². The van der Waals surface area contributed by atoms with Crippen LogP contribution in [0.15, 0.2) is 31.0 Å². The normalized spacial score (nSPS) is 23.5. The van der Waals surface area contributed by atoms with Gasteiger partial charge in [-0.1, -0.05) is 0 Å². The van der Waals surface area contributed by atoms with Gasteiger partial charge in [0.1, 0.15) is 0 Å². The zero-order chi connectivity index (χ0) is 13.2. The van der Waals surface area contributed by atoms with Crippen molar-refractivity contribution >= 4 is 0 Å². The van der Waals surface area contributed by atoms with Crippen LogP contribution in [-0.2, 0) is 0 Å². The van der Waals surface area contributed by atoms with Crippen LogP contribution < -0.4 is 5.32 Å². The Kier molecular flexibility index (Phi) is 3.29. The maximum atomic E-state index is 13.8. The Hall–Kier alpha value is -1.75. The third-order valence-electron chi connectivity index (χ3n) is 3.65. The molecule has 0 radical (unpaired) electrons. The summed E-state index contributed by atoms with van der Waals surface area (Å²) >= 11 is 0. The molecule has 1 aliphatic heterocycles. The maximum Gasteiger partial charge on any atom is 0.165 e. The molecule has 1 aliphatic rings. The fraction of sp³-hybridized carbons (Fsp3) is 0.429. The summed E-state index contributed by atoms with van der Waals surface area (Å²) in [5.41, 5.74) is 1.51. The molecule has 1 N–H and O–H groups in total. The first-order valence-corrected chi connectivity index (χ1v) is 6.64. The van der Waals surface area contributed by atoms with E-state index in [4.69, 9.17) is 0 Å². The number of nitrogens with zero attached hydrogens (tertiary/aromatic N) is 3. The van der Waals surface area contributed by atoms with Gasteiger partial charge in [-0.3, -0.25) is 9.55 Å². The molecular weight excluding hydrogens is 243 g/mol. The molecule has 5 heteroatoms. The first-order chi connectivity index (χ1) is 9.25. The summed E-state index contributed by atoms with van der Waals surface area (Å²) in [4.78, 5) is 7.96. The van der Waals surface area contributed by atoms with Crippen LogP contribution in [-0.4, -0.2) is 20.6 Å². The first kappa shape index (κ1) is 12.3. The second kappa shape index (κ2) is 5.09. The zero-order valence-electron chi connectivity index (χ0n) is 10.9. The maximum absolute atomic E-state index is 13.8. The third-order valence-corrected chi connectivity index (χ3v) is 3.65. The molecule has 19 heavy (non-hydrogen) atoms. The van der Waals surface area contributed by atoms with Crippen molar-refractivity contribution in [3.05, 3.63) is 42.5 Å². The van der Waals surface area contributed by atoms with Gasteiger partial charge >= 0.3 is 0 Å². The molecular formula is C14H17FN4. The van der Waals surface area contributed by atoms with Gasteiger partial charge < -0.3 is 5.32 Å². The SMILES string of the molecule is CC1CCCC(c2cncn2-c2ccncc2F)N1. The molecule has 0 aliphatic carbocycles. The number of pyridine rings is 1. The number of imidazole rings is 1. The molecule has 3 rings (SSSR count). The highest BCUT2D eigenvalue weighted by atomic mass is 19.1. The van der Waals surface area contributed by atoms with E-state index >= 15 is 0 Å². The average Bonchev–Trinajstić information content (AvgIpc) is 2.88. The number of hydrogen-bond acceptors (Lipinski definition) is 3. The van der Waals surface area contributed by atoms with Crippen molar-refractivity contribution in [2.24, 2.45) is 0 Å². The molecule has 0 saturated carbocycles. The molecule has 4 nitrogen and oxygen atoms in total. The van der Waals surface area contributed by atoms with Crippen LogP contribution in [0.1, 0.15) is 37.9 Å². The number of halogens is 1. The summed E-state index contributed by atoms with van der Waals surface area (Å²) < 4.78 is 15.7. The molecule has 1 fully saturated rings. The van der Waals surface area contributed by atoms with Crippen molar-refractivity contribution in [3.63, 3.8) is 0 Å². The number of nitrogens with one attached hydrogen (secondary N) is 1. The largest absolute Gasteiger partial charge is 0.306 e. The Morgan fingerprint density at radius 3 is 3.00 bits per heavy atom. The van der Waals surface area contributed by atoms with E-state index in [1.807, 2.05) is 10.8 Å². The predicted molar refractivity (Wildman–Crippen MR) is 70.5 cm³/mol. The Balaban J connectivity index is 1.96.